The van der Waals surface area contributed by atoms with Crippen molar-refractivity contribution in [1.82, 2.24) is 9.21 Å². The van der Waals surface area contributed by atoms with E-state index in [1.54, 1.807) is 0 Å². The van der Waals surface area contributed by atoms with Gasteiger partial charge in [0, 0.05) is 25.6 Å². The Labute approximate surface area is 156 Å². The topological polar surface area (TPSA) is 66.9 Å². The molecule has 1 fully saturated rings. The van der Waals surface area contributed by atoms with Crippen LogP contribution in [0.15, 0.2) is 30.3 Å². The van der Waals surface area contributed by atoms with Crippen molar-refractivity contribution in [3.8, 4) is 12.3 Å². The number of carbonyl (C=O) groups excluding carboxylic acids is 1. The van der Waals surface area contributed by atoms with Crippen LogP contribution in [0.4, 0.5) is 0 Å². The number of terminal acetylenes is 1. The Morgan fingerprint density at radius 3 is 2.81 bits per heavy atom. The van der Waals surface area contributed by atoms with Crippen molar-refractivity contribution in [3.63, 3.8) is 0 Å². The Morgan fingerprint density at radius 1 is 1.38 bits per heavy atom. The minimum Gasteiger partial charge on any atom is -0.464 e. The minimum atomic E-state index is -3.28. The van der Waals surface area contributed by atoms with Gasteiger partial charge in [0.1, 0.15) is 6.61 Å². The van der Waals surface area contributed by atoms with Gasteiger partial charge in [-0.3, -0.25) is 9.69 Å². The smallest absolute Gasteiger partial charge is 0.305 e. The molecule has 0 radical (unpaired) electrons. The van der Waals surface area contributed by atoms with Crippen LogP contribution in [0.25, 0.3) is 0 Å². The van der Waals surface area contributed by atoms with Crippen LogP contribution >= 0.6 is 0 Å². The summed E-state index contributed by atoms with van der Waals surface area (Å²) in [5.74, 6) is 2.20. The number of benzene rings is 1. The van der Waals surface area contributed by atoms with Gasteiger partial charge in [-0.25, -0.2) is 8.42 Å². The molecule has 1 aromatic rings. The average molecular weight is 378 g/mol. The fraction of sp³-hybridized carbons (Fsp3) is 0.526. The van der Waals surface area contributed by atoms with Gasteiger partial charge in [-0.15, -0.1) is 6.42 Å². The molecule has 1 heterocycles. The molecule has 1 aliphatic heterocycles. The highest BCUT2D eigenvalue weighted by atomic mass is 32.2. The number of aryl methyl sites for hydroxylation is 1. The molecule has 0 bridgehead atoms. The van der Waals surface area contributed by atoms with Crippen LogP contribution in [0.1, 0.15) is 18.4 Å². The first-order valence-electron chi connectivity index (χ1n) is 8.73. The summed E-state index contributed by atoms with van der Waals surface area (Å²) < 4.78 is 30.6. The van der Waals surface area contributed by atoms with Gasteiger partial charge in [0.25, 0.3) is 0 Å². The molecule has 6 nitrogen and oxygen atoms in total. The van der Waals surface area contributed by atoms with E-state index in [1.807, 2.05) is 42.3 Å². The maximum absolute atomic E-state index is 12.0. The molecule has 1 aliphatic rings. The van der Waals surface area contributed by atoms with Gasteiger partial charge in [0.15, 0.2) is 0 Å². The molecule has 142 valence electrons. The second-order valence-corrected chi connectivity index (χ2v) is 8.48. The van der Waals surface area contributed by atoms with E-state index in [9.17, 15) is 13.2 Å². The van der Waals surface area contributed by atoms with Crippen LogP contribution in [0.3, 0.4) is 0 Å². The molecule has 0 saturated carbocycles. The summed E-state index contributed by atoms with van der Waals surface area (Å²) in [5.41, 5.74) is 1.21. The molecular formula is C19H26N2O4S. The highest BCUT2D eigenvalue weighted by Crippen LogP contribution is 2.17. The van der Waals surface area contributed by atoms with Gasteiger partial charge in [0.2, 0.25) is 10.0 Å². The number of rotatable bonds is 9. The molecule has 0 amide bonds. The predicted octanol–water partition coefficient (Wildman–Crippen LogP) is 1.13. The normalized spacial score (nSPS) is 19.3. The Bertz CT molecular complexity index is 728. The van der Waals surface area contributed by atoms with Crippen molar-refractivity contribution in [2.45, 2.75) is 25.3 Å². The van der Waals surface area contributed by atoms with Gasteiger partial charge in [-0.1, -0.05) is 36.3 Å². The summed E-state index contributed by atoms with van der Waals surface area (Å²) in [6.07, 6.45) is 7.19. The van der Waals surface area contributed by atoms with Gasteiger partial charge < -0.3 is 4.74 Å². The number of likely N-dealkylation sites (N-methyl/N-ethyl adjacent to an activating group) is 1. The van der Waals surface area contributed by atoms with Gasteiger partial charge in [-0.2, -0.15) is 4.31 Å². The summed E-state index contributed by atoms with van der Waals surface area (Å²) in [4.78, 5) is 13.7. The third kappa shape index (κ3) is 6.13. The maximum atomic E-state index is 12.0. The second kappa shape index (κ2) is 9.72. The Morgan fingerprint density at radius 2 is 2.12 bits per heavy atom. The van der Waals surface area contributed by atoms with Crippen molar-refractivity contribution in [3.05, 3.63) is 35.9 Å². The summed E-state index contributed by atoms with van der Waals surface area (Å²) in [7, 11) is -1.45. The van der Waals surface area contributed by atoms with E-state index in [2.05, 4.69) is 5.92 Å². The first kappa shape index (κ1) is 20.4. The molecule has 0 aliphatic carbocycles. The monoisotopic (exact) mass is 378 g/mol. The number of carbonyl (C=O) groups is 1. The van der Waals surface area contributed by atoms with Crippen LogP contribution in [0.5, 0.6) is 0 Å². The van der Waals surface area contributed by atoms with Crippen molar-refractivity contribution in [1.29, 1.82) is 0 Å². The fourth-order valence-corrected chi connectivity index (χ4v) is 4.65. The number of nitrogens with zero attached hydrogens (tertiary/aromatic N) is 2. The summed E-state index contributed by atoms with van der Waals surface area (Å²) in [5, 5.41) is 0. The first-order chi connectivity index (χ1) is 12.4. The molecule has 1 atom stereocenters. The third-order valence-electron chi connectivity index (χ3n) is 4.50. The van der Waals surface area contributed by atoms with E-state index in [-0.39, 0.29) is 30.9 Å². The van der Waals surface area contributed by atoms with E-state index in [1.165, 1.54) is 9.87 Å². The predicted molar refractivity (Wildman–Crippen MR) is 101 cm³/mol. The maximum Gasteiger partial charge on any atom is 0.305 e. The second-order valence-electron chi connectivity index (χ2n) is 6.47. The number of sulfonamides is 1. The zero-order chi connectivity index (χ0) is 19.0. The largest absolute Gasteiger partial charge is 0.464 e. The summed E-state index contributed by atoms with van der Waals surface area (Å²) in [6, 6.07) is 9.88. The lowest BCUT2D eigenvalue weighted by atomic mass is 10.1. The number of hydrogen-bond acceptors (Lipinski definition) is 5. The fourth-order valence-electron chi connectivity index (χ4n) is 2.92. The van der Waals surface area contributed by atoms with Crippen LogP contribution in [0, 0.1) is 12.3 Å². The highest BCUT2D eigenvalue weighted by Gasteiger charge is 2.37. The van der Waals surface area contributed by atoms with E-state index in [4.69, 9.17) is 11.2 Å². The van der Waals surface area contributed by atoms with Crippen molar-refractivity contribution in [2.24, 2.45) is 0 Å². The molecule has 7 heteroatoms. The number of hydrogen-bond donors (Lipinski definition) is 0. The molecular weight excluding hydrogens is 352 g/mol. The third-order valence-corrected chi connectivity index (χ3v) is 6.37. The van der Waals surface area contributed by atoms with Gasteiger partial charge in [0.05, 0.1) is 12.3 Å². The SMILES string of the molecule is C#CCN1CC(N(C)CCOC(=O)CCCc2ccccc2)CS1(=O)=O. The average Bonchev–Trinajstić information content (AvgIpc) is 2.91. The zero-order valence-electron chi connectivity index (χ0n) is 15.1. The van der Waals surface area contributed by atoms with E-state index < -0.39 is 10.0 Å². The van der Waals surface area contributed by atoms with Gasteiger partial charge >= 0.3 is 5.97 Å². The van der Waals surface area contributed by atoms with Crippen molar-refractivity contribution in [2.75, 3.05) is 39.0 Å². The Kier molecular flexibility index (Phi) is 7.64. The Balaban J connectivity index is 1.64. The molecule has 1 aromatic carbocycles. The molecule has 2 rings (SSSR count). The van der Waals surface area contributed by atoms with E-state index in [0.29, 0.717) is 19.5 Å². The lowest BCUT2D eigenvalue weighted by molar-refractivity contribution is -0.144. The zero-order valence-corrected chi connectivity index (χ0v) is 16.0. The molecule has 26 heavy (non-hydrogen) atoms. The minimum absolute atomic E-state index is 0.0518. The van der Waals surface area contributed by atoms with Crippen LogP contribution in [-0.2, 0) is 26.0 Å². The van der Waals surface area contributed by atoms with E-state index >= 15 is 0 Å². The summed E-state index contributed by atoms with van der Waals surface area (Å²) >= 11 is 0. The van der Waals surface area contributed by atoms with Crippen molar-refractivity contribution >= 4 is 16.0 Å². The molecule has 0 spiro atoms. The highest BCUT2D eigenvalue weighted by molar-refractivity contribution is 7.89. The lowest BCUT2D eigenvalue weighted by Gasteiger charge is -2.22. The lowest BCUT2D eigenvalue weighted by Crippen LogP contribution is -2.38. The number of esters is 1. The molecule has 0 N–H and O–H groups in total. The Hall–Kier alpha value is -1.88. The quantitative estimate of drug-likeness (QED) is 0.476. The van der Waals surface area contributed by atoms with Crippen LogP contribution in [-0.4, -0.2) is 68.7 Å². The van der Waals surface area contributed by atoms with Crippen molar-refractivity contribution < 1.29 is 17.9 Å². The van der Waals surface area contributed by atoms with Gasteiger partial charge in [-0.05, 0) is 25.5 Å². The number of ether oxygens (including phenoxy) is 1. The van der Waals surface area contributed by atoms with E-state index in [0.717, 1.165) is 12.8 Å². The van der Waals surface area contributed by atoms with Crippen LogP contribution in [0.2, 0.25) is 0 Å². The molecule has 1 unspecified atom stereocenters. The summed E-state index contributed by atoms with van der Waals surface area (Å²) in [6.45, 7) is 1.23. The molecule has 0 aromatic heterocycles. The standard InChI is InChI=1S/C19H26N2O4S/c1-3-12-21-15-18(16-26(21,23)24)20(2)13-14-25-19(22)11-7-10-17-8-5-4-6-9-17/h1,4-6,8-9,18H,7,10-16H2,2H3. The first-order valence-corrected chi connectivity index (χ1v) is 10.3. The molecule has 1 saturated heterocycles. The van der Waals surface area contributed by atoms with Crippen LogP contribution < -0.4 is 0 Å².